The summed E-state index contributed by atoms with van der Waals surface area (Å²) in [6.07, 6.45) is -0.610. The molecule has 0 aromatic heterocycles. The molecule has 1 fully saturated rings. The Hall–Kier alpha value is -2.82. The molecule has 0 radical (unpaired) electrons. The lowest BCUT2D eigenvalue weighted by Crippen LogP contribution is -2.47. The van der Waals surface area contributed by atoms with Crippen molar-refractivity contribution in [2.45, 2.75) is 42.0 Å². The average molecular weight is 477 g/mol. The highest BCUT2D eigenvalue weighted by Gasteiger charge is 2.46. The quantitative estimate of drug-likeness (QED) is 0.628. The Labute approximate surface area is 193 Å². The number of aliphatic hydroxyl groups excluding tert-OH is 1. The Morgan fingerprint density at radius 1 is 1.21 bits per heavy atom. The third-order valence-electron chi connectivity index (χ3n) is 6.02. The molecule has 33 heavy (non-hydrogen) atoms. The van der Waals surface area contributed by atoms with E-state index in [9.17, 15) is 18.3 Å². The Morgan fingerprint density at radius 2 is 1.94 bits per heavy atom. The molecule has 9 nitrogen and oxygen atoms in total. The van der Waals surface area contributed by atoms with E-state index < -0.39 is 22.2 Å². The summed E-state index contributed by atoms with van der Waals surface area (Å²) in [5, 5.41) is 9.85. The number of benzene rings is 2. The number of aliphatic hydroxyl groups is 1. The summed E-state index contributed by atoms with van der Waals surface area (Å²) in [6, 6.07) is 11.2. The molecule has 0 bridgehead atoms. The molecule has 2 aromatic rings. The van der Waals surface area contributed by atoms with Crippen molar-refractivity contribution in [2.24, 2.45) is 0 Å². The van der Waals surface area contributed by atoms with E-state index in [-0.39, 0.29) is 35.9 Å². The van der Waals surface area contributed by atoms with Crippen molar-refractivity contribution in [3.05, 3.63) is 48.0 Å². The number of carbonyl (C=O) groups excluding carboxylic acids is 1. The van der Waals surface area contributed by atoms with E-state index >= 15 is 0 Å². The molecule has 0 aliphatic carbocycles. The van der Waals surface area contributed by atoms with Crippen molar-refractivity contribution in [2.75, 3.05) is 32.5 Å². The number of ether oxygens (including phenoxy) is 3. The van der Waals surface area contributed by atoms with E-state index in [1.54, 1.807) is 44.4 Å². The molecule has 0 unspecified atom stereocenters. The summed E-state index contributed by atoms with van der Waals surface area (Å²) >= 11 is 0. The zero-order valence-corrected chi connectivity index (χ0v) is 19.5. The zero-order valence-electron chi connectivity index (χ0n) is 18.7. The molecule has 2 heterocycles. The molecule has 1 saturated heterocycles. The van der Waals surface area contributed by atoms with Gasteiger partial charge in [-0.15, -0.1) is 0 Å². The van der Waals surface area contributed by atoms with Crippen LogP contribution in [0.1, 0.15) is 24.3 Å². The van der Waals surface area contributed by atoms with Gasteiger partial charge >= 0.3 is 0 Å². The second-order valence-electron chi connectivity index (χ2n) is 8.43. The Morgan fingerprint density at radius 3 is 2.58 bits per heavy atom. The minimum atomic E-state index is -3.80. The van der Waals surface area contributed by atoms with Gasteiger partial charge in [0.1, 0.15) is 23.7 Å². The number of nitrogens with one attached hydrogen (secondary N) is 1. The molecule has 0 spiro atoms. The van der Waals surface area contributed by atoms with Crippen molar-refractivity contribution in [3.8, 4) is 11.5 Å². The summed E-state index contributed by atoms with van der Waals surface area (Å²) in [5.41, 5.74) is 1.24. The van der Waals surface area contributed by atoms with Crippen LogP contribution in [0.2, 0.25) is 0 Å². The average Bonchev–Trinajstić information content (AvgIpc) is 3.16. The molecule has 1 amide bonds. The van der Waals surface area contributed by atoms with Crippen LogP contribution in [0.25, 0.3) is 0 Å². The highest BCUT2D eigenvalue weighted by atomic mass is 32.2. The van der Waals surface area contributed by atoms with Gasteiger partial charge in [-0.1, -0.05) is 0 Å². The van der Waals surface area contributed by atoms with Crippen LogP contribution in [0, 0.1) is 0 Å². The lowest BCUT2D eigenvalue weighted by molar-refractivity contribution is -0.147. The molecule has 2 aromatic carbocycles. The number of methoxy groups -OCH3 is 1. The Kier molecular flexibility index (Phi) is 6.51. The number of fused-ring (bicyclic) bond motifs is 3. The van der Waals surface area contributed by atoms with Gasteiger partial charge in [-0.3, -0.25) is 9.52 Å². The normalized spacial score (nSPS) is 23.8. The predicted octanol–water partition coefficient (Wildman–Crippen LogP) is 1.97. The van der Waals surface area contributed by atoms with Crippen LogP contribution in [-0.2, 0) is 19.6 Å². The SMILES string of the molecule is COc1ccc(S(=O)(=O)Nc2ccc3c(c2)[C@@H]2C[C@@H](CC(=O)N(C)C)O[C@H](CO)[C@@H]2O3)cc1. The predicted molar refractivity (Wildman–Crippen MR) is 121 cm³/mol. The minimum Gasteiger partial charge on any atom is -0.497 e. The molecular formula is C23H28N2O7S. The van der Waals surface area contributed by atoms with Gasteiger partial charge in [0.25, 0.3) is 10.0 Å². The van der Waals surface area contributed by atoms with Gasteiger partial charge in [0.05, 0.1) is 31.1 Å². The number of carbonyl (C=O) groups is 1. The first-order valence-corrected chi connectivity index (χ1v) is 12.1. The molecule has 4 atom stereocenters. The van der Waals surface area contributed by atoms with E-state index in [1.807, 2.05) is 0 Å². The van der Waals surface area contributed by atoms with Crippen LogP contribution in [0.5, 0.6) is 11.5 Å². The molecule has 2 aliphatic heterocycles. The first-order chi connectivity index (χ1) is 15.7. The monoisotopic (exact) mass is 476 g/mol. The van der Waals surface area contributed by atoms with Gasteiger partial charge < -0.3 is 24.2 Å². The highest BCUT2D eigenvalue weighted by Crippen LogP contribution is 2.47. The van der Waals surface area contributed by atoms with Crippen LogP contribution in [0.3, 0.4) is 0 Å². The lowest BCUT2D eigenvalue weighted by Gasteiger charge is -2.37. The summed E-state index contributed by atoms with van der Waals surface area (Å²) < 4.78 is 45.4. The molecule has 2 aliphatic rings. The van der Waals surface area contributed by atoms with E-state index in [1.165, 1.54) is 24.1 Å². The van der Waals surface area contributed by atoms with Crippen LogP contribution in [-0.4, -0.2) is 70.5 Å². The van der Waals surface area contributed by atoms with E-state index in [2.05, 4.69) is 4.72 Å². The summed E-state index contributed by atoms with van der Waals surface area (Å²) in [6.45, 7) is -0.237. The third kappa shape index (κ3) is 4.78. The number of anilines is 1. The second-order valence-corrected chi connectivity index (χ2v) is 10.1. The van der Waals surface area contributed by atoms with Crippen molar-refractivity contribution < 1.29 is 32.5 Å². The fourth-order valence-electron chi connectivity index (χ4n) is 4.30. The number of hydrogen-bond donors (Lipinski definition) is 2. The lowest BCUT2D eigenvalue weighted by atomic mass is 9.84. The second kappa shape index (κ2) is 9.20. The van der Waals surface area contributed by atoms with E-state index in [0.717, 1.165) is 5.56 Å². The van der Waals surface area contributed by atoms with E-state index in [4.69, 9.17) is 14.2 Å². The van der Waals surface area contributed by atoms with Gasteiger partial charge in [0, 0.05) is 31.3 Å². The topological polar surface area (TPSA) is 114 Å². The van der Waals surface area contributed by atoms with E-state index in [0.29, 0.717) is 23.6 Å². The van der Waals surface area contributed by atoms with Gasteiger partial charge in [-0.2, -0.15) is 0 Å². The van der Waals surface area contributed by atoms with Crippen LogP contribution in [0.15, 0.2) is 47.4 Å². The number of rotatable bonds is 7. The largest absolute Gasteiger partial charge is 0.497 e. The smallest absolute Gasteiger partial charge is 0.261 e. The summed E-state index contributed by atoms with van der Waals surface area (Å²) in [7, 11) is 1.09. The highest BCUT2D eigenvalue weighted by molar-refractivity contribution is 7.92. The molecule has 2 N–H and O–H groups in total. The van der Waals surface area contributed by atoms with Crippen LogP contribution in [0.4, 0.5) is 5.69 Å². The first-order valence-electron chi connectivity index (χ1n) is 10.7. The number of hydrogen-bond acceptors (Lipinski definition) is 7. The Bertz CT molecular complexity index is 1120. The van der Waals surface area contributed by atoms with Crippen LogP contribution >= 0.6 is 0 Å². The summed E-state index contributed by atoms with van der Waals surface area (Å²) in [4.78, 5) is 13.8. The number of sulfonamides is 1. The standard InChI is InChI=1S/C23H28N2O7S/c1-25(2)22(27)12-16-11-19-18-10-14(4-9-20(18)32-23(19)21(13-26)31-16)24-33(28,29)17-7-5-15(30-3)6-8-17/h4-10,16,19,21,23-24,26H,11-13H2,1-3H3/t16-,19-,21+,23+/m0/s1. The first kappa shape index (κ1) is 23.3. The third-order valence-corrected chi connectivity index (χ3v) is 7.42. The van der Waals surface area contributed by atoms with Crippen molar-refractivity contribution >= 4 is 21.6 Å². The fourth-order valence-corrected chi connectivity index (χ4v) is 5.35. The number of amides is 1. The maximum Gasteiger partial charge on any atom is 0.261 e. The van der Waals surface area contributed by atoms with Crippen LogP contribution < -0.4 is 14.2 Å². The Balaban J connectivity index is 1.56. The zero-order chi connectivity index (χ0) is 23.8. The minimum absolute atomic E-state index is 0.0599. The van der Waals surface area contributed by atoms with Crippen molar-refractivity contribution in [1.29, 1.82) is 0 Å². The maximum atomic E-state index is 12.8. The number of nitrogens with zero attached hydrogens (tertiary/aromatic N) is 1. The van der Waals surface area contributed by atoms with Gasteiger partial charge in [-0.05, 0) is 48.9 Å². The summed E-state index contributed by atoms with van der Waals surface area (Å²) in [5.74, 6) is 1.00. The van der Waals surface area contributed by atoms with Gasteiger partial charge in [0.15, 0.2) is 0 Å². The molecule has 10 heteroatoms. The molecule has 178 valence electrons. The van der Waals surface area contributed by atoms with Gasteiger partial charge in [-0.25, -0.2) is 8.42 Å². The van der Waals surface area contributed by atoms with Gasteiger partial charge in [0.2, 0.25) is 5.91 Å². The fraction of sp³-hybridized carbons (Fsp3) is 0.435. The van der Waals surface area contributed by atoms with Crippen molar-refractivity contribution in [3.63, 3.8) is 0 Å². The maximum absolute atomic E-state index is 12.8. The van der Waals surface area contributed by atoms with Crippen molar-refractivity contribution in [1.82, 2.24) is 4.90 Å². The molecule has 4 rings (SSSR count). The molecular weight excluding hydrogens is 448 g/mol. The molecule has 0 saturated carbocycles.